The smallest absolute Gasteiger partial charge is 0.182 e. The molecule has 0 aliphatic rings. The Balaban J connectivity index is 2.65. The monoisotopic (exact) mass is 180 g/mol. The van der Waals surface area contributed by atoms with Gasteiger partial charge in [0.05, 0.1) is 6.33 Å². The Morgan fingerprint density at radius 2 is 2.33 bits per heavy atom. The lowest BCUT2D eigenvalue weighted by molar-refractivity contribution is 0.570. The molecule has 12 heavy (non-hydrogen) atoms. The van der Waals surface area contributed by atoms with E-state index in [1.54, 1.807) is 0 Å². The number of rotatable bonds is 2. The molecule has 2 rings (SSSR count). The van der Waals surface area contributed by atoms with Crippen LogP contribution >= 0.6 is 11.8 Å². The molecule has 0 aliphatic heterocycles. The zero-order valence-corrected chi connectivity index (χ0v) is 6.71. The number of imidazole rings is 1. The normalized spacial score (nSPS) is 10.3. The number of nitrogens with zero attached hydrogens (tertiary/aromatic N) is 3. The van der Waals surface area contributed by atoms with Crippen molar-refractivity contribution < 1.29 is 4.79 Å². The highest BCUT2D eigenvalue weighted by molar-refractivity contribution is 8.12. The van der Waals surface area contributed by atoms with Crippen LogP contribution in [0.5, 0.6) is 0 Å². The summed E-state index contributed by atoms with van der Waals surface area (Å²) in [5.41, 5.74) is 2.01. The van der Waals surface area contributed by atoms with Crippen LogP contribution in [0.25, 0.3) is 11.2 Å². The number of carbonyl (C=O) groups is 1. The SMILES string of the molecule is O=CSc1ncnc2nc[nH]c12. The molecule has 5 nitrogen and oxygen atoms in total. The van der Waals surface area contributed by atoms with Crippen LogP contribution in [-0.4, -0.2) is 25.6 Å². The van der Waals surface area contributed by atoms with Crippen molar-refractivity contribution in [1.29, 1.82) is 0 Å². The highest BCUT2D eigenvalue weighted by Crippen LogP contribution is 2.18. The summed E-state index contributed by atoms with van der Waals surface area (Å²) in [5.74, 6) is 0. The first-order chi connectivity index (χ1) is 5.92. The van der Waals surface area contributed by atoms with Crippen LogP contribution < -0.4 is 0 Å². The summed E-state index contributed by atoms with van der Waals surface area (Å²) in [6, 6.07) is 0. The van der Waals surface area contributed by atoms with E-state index < -0.39 is 0 Å². The average molecular weight is 180 g/mol. The van der Waals surface area contributed by atoms with Crippen LogP contribution in [-0.2, 0) is 4.79 Å². The zero-order chi connectivity index (χ0) is 8.39. The van der Waals surface area contributed by atoms with Crippen LogP contribution in [0.15, 0.2) is 17.7 Å². The van der Waals surface area contributed by atoms with Gasteiger partial charge in [0.1, 0.15) is 16.9 Å². The van der Waals surface area contributed by atoms with Gasteiger partial charge in [-0.2, -0.15) is 0 Å². The zero-order valence-electron chi connectivity index (χ0n) is 5.89. The highest BCUT2D eigenvalue weighted by Gasteiger charge is 2.04. The van der Waals surface area contributed by atoms with Crippen molar-refractivity contribution in [2.45, 2.75) is 5.03 Å². The van der Waals surface area contributed by atoms with Gasteiger partial charge in [0.15, 0.2) is 11.3 Å². The van der Waals surface area contributed by atoms with E-state index in [0.717, 1.165) is 17.4 Å². The molecule has 1 N–H and O–H groups in total. The van der Waals surface area contributed by atoms with E-state index in [9.17, 15) is 4.79 Å². The third-order valence-electron chi connectivity index (χ3n) is 1.35. The highest BCUT2D eigenvalue weighted by atomic mass is 32.2. The molecule has 0 spiro atoms. The van der Waals surface area contributed by atoms with E-state index in [1.165, 1.54) is 12.7 Å². The molecule has 0 saturated carbocycles. The molecule has 0 aromatic carbocycles. The minimum atomic E-state index is 0.578. The first-order valence-electron chi connectivity index (χ1n) is 3.16. The number of hydrogen-bond donors (Lipinski definition) is 1. The number of H-pyrrole nitrogens is 1. The van der Waals surface area contributed by atoms with Gasteiger partial charge in [-0.15, -0.1) is 0 Å². The summed E-state index contributed by atoms with van der Waals surface area (Å²) >= 11 is 1.01. The van der Waals surface area contributed by atoms with E-state index >= 15 is 0 Å². The van der Waals surface area contributed by atoms with Gasteiger partial charge in [-0.1, -0.05) is 0 Å². The Bertz CT molecular complexity index is 413. The van der Waals surface area contributed by atoms with Crippen LogP contribution in [0, 0.1) is 0 Å². The molecule has 2 aromatic rings. The molecule has 0 radical (unpaired) electrons. The number of aromatic nitrogens is 4. The Kier molecular flexibility index (Phi) is 1.75. The topological polar surface area (TPSA) is 71.5 Å². The largest absolute Gasteiger partial charge is 0.341 e. The molecule has 0 unspecified atom stereocenters. The van der Waals surface area contributed by atoms with Gasteiger partial charge in [0.25, 0.3) is 0 Å². The fourth-order valence-electron chi connectivity index (χ4n) is 0.878. The number of carbonyl (C=O) groups excluding carboxylic acids is 1. The Morgan fingerprint density at radius 3 is 3.17 bits per heavy atom. The summed E-state index contributed by atoms with van der Waals surface area (Å²) in [6.07, 6.45) is 2.91. The van der Waals surface area contributed by atoms with Crippen LogP contribution in [0.1, 0.15) is 0 Å². The molecule has 0 atom stereocenters. The predicted molar refractivity (Wildman–Crippen MR) is 44.3 cm³/mol. The van der Waals surface area contributed by atoms with Gasteiger partial charge in [-0.05, 0) is 11.8 Å². The number of thioether (sulfide) groups is 1. The molecule has 0 fully saturated rings. The summed E-state index contributed by atoms with van der Waals surface area (Å²) < 4.78 is 0. The maximum absolute atomic E-state index is 10.2. The second-order valence-electron chi connectivity index (χ2n) is 1.99. The van der Waals surface area contributed by atoms with Crippen molar-refractivity contribution in [2.24, 2.45) is 0 Å². The Morgan fingerprint density at radius 1 is 1.42 bits per heavy atom. The fraction of sp³-hybridized carbons (Fsp3) is 0. The van der Waals surface area contributed by atoms with E-state index in [2.05, 4.69) is 19.9 Å². The molecule has 2 heterocycles. The quantitative estimate of drug-likeness (QED) is 0.417. The summed E-state index contributed by atoms with van der Waals surface area (Å²) in [5, 5.41) is 0.604. The van der Waals surface area contributed by atoms with Gasteiger partial charge in [0, 0.05) is 0 Å². The molecule has 0 bridgehead atoms. The van der Waals surface area contributed by atoms with E-state index in [4.69, 9.17) is 0 Å². The van der Waals surface area contributed by atoms with E-state index in [0.29, 0.717) is 16.2 Å². The lowest BCUT2D eigenvalue weighted by Crippen LogP contribution is -1.84. The Labute approximate surface area is 71.6 Å². The molecular weight excluding hydrogens is 176 g/mol. The van der Waals surface area contributed by atoms with Gasteiger partial charge in [-0.25, -0.2) is 15.0 Å². The van der Waals surface area contributed by atoms with E-state index in [-0.39, 0.29) is 0 Å². The first-order valence-corrected chi connectivity index (χ1v) is 4.04. The minimum Gasteiger partial charge on any atom is -0.341 e. The third-order valence-corrected chi connectivity index (χ3v) is 1.98. The van der Waals surface area contributed by atoms with Gasteiger partial charge in [-0.3, -0.25) is 4.79 Å². The Hall–Kier alpha value is -1.43. The number of hydrogen-bond acceptors (Lipinski definition) is 5. The number of nitrogens with one attached hydrogen (secondary N) is 1. The van der Waals surface area contributed by atoms with Crippen molar-refractivity contribution in [3.63, 3.8) is 0 Å². The molecular formula is C6H4N4OS. The maximum Gasteiger partial charge on any atom is 0.182 e. The van der Waals surface area contributed by atoms with Crippen molar-refractivity contribution in [1.82, 2.24) is 19.9 Å². The molecule has 6 heteroatoms. The first kappa shape index (κ1) is 7.23. The summed E-state index contributed by atoms with van der Waals surface area (Å²) in [4.78, 5) is 24.8. The maximum atomic E-state index is 10.2. The van der Waals surface area contributed by atoms with Crippen LogP contribution in [0.4, 0.5) is 0 Å². The molecule has 2 aromatic heterocycles. The fourth-order valence-corrected chi connectivity index (χ4v) is 1.35. The van der Waals surface area contributed by atoms with Gasteiger partial charge in [0.2, 0.25) is 0 Å². The lowest BCUT2D eigenvalue weighted by Gasteiger charge is -1.92. The molecule has 60 valence electrons. The van der Waals surface area contributed by atoms with Crippen LogP contribution in [0.2, 0.25) is 0 Å². The summed E-state index contributed by atoms with van der Waals surface area (Å²) in [6.45, 7) is 0. The number of aromatic amines is 1. The molecule has 0 saturated heterocycles. The van der Waals surface area contributed by atoms with Crippen LogP contribution in [0.3, 0.4) is 0 Å². The second-order valence-corrected chi connectivity index (χ2v) is 2.81. The number of fused-ring (bicyclic) bond motifs is 1. The van der Waals surface area contributed by atoms with Crippen molar-refractivity contribution in [3.05, 3.63) is 12.7 Å². The standard InChI is InChI=1S/C6H4N4OS/c11-3-12-6-4-5(8-1-7-4)9-2-10-6/h1-3H,(H,7,8,9,10). The molecule has 0 amide bonds. The summed E-state index contributed by atoms with van der Waals surface area (Å²) in [7, 11) is 0. The molecule has 0 aliphatic carbocycles. The predicted octanol–water partition coefficient (Wildman–Crippen LogP) is 0.635. The third kappa shape index (κ3) is 1.06. The second kappa shape index (κ2) is 2.90. The van der Waals surface area contributed by atoms with Gasteiger partial charge >= 0.3 is 0 Å². The minimum absolute atomic E-state index is 0.578. The van der Waals surface area contributed by atoms with Crippen molar-refractivity contribution >= 4 is 28.5 Å². The van der Waals surface area contributed by atoms with E-state index in [1.807, 2.05) is 0 Å². The van der Waals surface area contributed by atoms with Crippen molar-refractivity contribution in [3.8, 4) is 0 Å². The van der Waals surface area contributed by atoms with Gasteiger partial charge < -0.3 is 4.98 Å². The lowest BCUT2D eigenvalue weighted by atomic mass is 10.6. The average Bonchev–Trinajstić information content (AvgIpc) is 2.53. The van der Waals surface area contributed by atoms with Crippen molar-refractivity contribution in [2.75, 3.05) is 0 Å².